The van der Waals surface area contributed by atoms with E-state index in [2.05, 4.69) is 21.2 Å². The Hall–Kier alpha value is -4.24. The Kier molecular flexibility index (Phi) is 9.64. The highest BCUT2D eigenvalue weighted by Gasteiger charge is 2.42. The number of dihydropyridines is 1. The van der Waals surface area contributed by atoms with Gasteiger partial charge in [-0.25, -0.2) is 4.79 Å². The van der Waals surface area contributed by atoms with E-state index >= 15 is 0 Å². The Balaban J connectivity index is 1.53. The number of benzene rings is 3. The summed E-state index contributed by atoms with van der Waals surface area (Å²) < 4.78 is 22.8. The highest BCUT2D eigenvalue weighted by molar-refractivity contribution is 9.10. The third-order valence-electron chi connectivity index (χ3n) is 8.08. The number of Topliss-reactive ketones (excluding diaryl/α,β-unsaturated/α-hetero) is 1. The SMILES string of the molecule is CCOc1cc([C@@H]2C(C(=O)OCCc3ccccc3)=C(C)NC3=C2C(=O)C[C@H](c2ccc(OC)c(OC)c2)C3)cc(Br)c1O. The van der Waals surface area contributed by atoms with Crippen molar-refractivity contribution in [3.05, 3.63) is 104 Å². The van der Waals surface area contributed by atoms with Gasteiger partial charge in [-0.15, -0.1) is 0 Å². The van der Waals surface area contributed by atoms with Gasteiger partial charge in [0.2, 0.25) is 0 Å². The third kappa shape index (κ3) is 6.33. The number of carbonyl (C=O) groups excluding carboxylic acids is 2. The summed E-state index contributed by atoms with van der Waals surface area (Å²) in [6.07, 6.45) is 1.37. The van der Waals surface area contributed by atoms with Gasteiger partial charge in [-0.3, -0.25) is 4.79 Å². The molecule has 44 heavy (non-hydrogen) atoms. The molecule has 2 N–H and O–H groups in total. The minimum absolute atomic E-state index is 0.0464. The van der Waals surface area contributed by atoms with Crippen molar-refractivity contribution in [2.75, 3.05) is 27.4 Å². The summed E-state index contributed by atoms with van der Waals surface area (Å²) in [5.74, 6) is 0.0324. The highest BCUT2D eigenvalue weighted by Crippen LogP contribution is 2.48. The van der Waals surface area contributed by atoms with Crippen LogP contribution < -0.4 is 19.5 Å². The number of carbonyl (C=O) groups is 2. The van der Waals surface area contributed by atoms with Crippen molar-refractivity contribution in [2.24, 2.45) is 0 Å². The van der Waals surface area contributed by atoms with Gasteiger partial charge in [0, 0.05) is 35.7 Å². The standard InChI is InChI=1S/C35H36BrNO7/c1-5-43-30-19-24(15-25(36)34(30)39)32-31(35(40)44-14-13-21-9-7-6-8-10-21)20(2)37-26-16-23(17-27(38)33(26)32)22-11-12-28(41-3)29(18-22)42-4/h6-12,15,18-19,23,32,37,39H,5,13-14,16-17H2,1-4H3/t23-,32-/m1/s1. The highest BCUT2D eigenvalue weighted by atomic mass is 79.9. The first-order chi connectivity index (χ1) is 21.2. The van der Waals surface area contributed by atoms with Gasteiger partial charge in [0.25, 0.3) is 0 Å². The molecule has 0 aromatic heterocycles. The molecule has 0 saturated carbocycles. The van der Waals surface area contributed by atoms with E-state index in [1.54, 1.807) is 26.4 Å². The van der Waals surface area contributed by atoms with Gasteiger partial charge >= 0.3 is 5.97 Å². The number of esters is 1. The predicted octanol–water partition coefficient (Wildman–Crippen LogP) is 6.72. The van der Waals surface area contributed by atoms with Crippen molar-refractivity contribution >= 4 is 27.7 Å². The smallest absolute Gasteiger partial charge is 0.336 e. The van der Waals surface area contributed by atoms with Gasteiger partial charge in [0.05, 0.1) is 37.5 Å². The molecule has 1 aliphatic carbocycles. The third-order valence-corrected chi connectivity index (χ3v) is 8.68. The van der Waals surface area contributed by atoms with Crippen molar-refractivity contribution < 1.29 is 33.6 Å². The lowest BCUT2D eigenvalue weighted by atomic mass is 9.71. The van der Waals surface area contributed by atoms with Crippen LogP contribution in [0.25, 0.3) is 0 Å². The maximum atomic E-state index is 14.1. The first-order valence-electron chi connectivity index (χ1n) is 14.6. The molecule has 2 aliphatic rings. The quantitative estimate of drug-likeness (QED) is 0.231. The van der Waals surface area contributed by atoms with Crippen molar-refractivity contribution in [3.8, 4) is 23.0 Å². The Morgan fingerprint density at radius 2 is 1.70 bits per heavy atom. The summed E-state index contributed by atoms with van der Waals surface area (Å²) in [7, 11) is 3.17. The molecular formula is C35H36BrNO7. The number of phenols is 1. The normalized spacial score (nSPS) is 18.0. The number of aromatic hydroxyl groups is 1. The minimum atomic E-state index is -0.717. The molecule has 3 aromatic rings. The van der Waals surface area contributed by atoms with Crippen LogP contribution in [0.15, 0.2) is 87.7 Å². The number of halogens is 1. The van der Waals surface area contributed by atoms with E-state index in [1.807, 2.05) is 62.4 Å². The number of allylic oxidation sites excluding steroid dienone is 3. The lowest BCUT2D eigenvalue weighted by molar-refractivity contribution is -0.139. The van der Waals surface area contributed by atoms with Crippen LogP contribution in [0.1, 0.15) is 55.2 Å². The monoisotopic (exact) mass is 661 g/mol. The van der Waals surface area contributed by atoms with E-state index in [0.29, 0.717) is 57.8 Å². The van der Waals surface area contributed by atoms with Crippen LogP contribution in [0.3, 0.4) is 0 Å². The zero-order chi connectivity index (χ0) is 31.4. The van der Waals surface area contributed by atoms with Crippen LogP contribution in [0.4, 0.5) is 0 Å². The number of hydrogen-bond donors (Lipinski definition) is 2. The van der Waals surface area contributed by atoms with Crippen molar-refractivity contribution in [1.82, 2.24) is 5.32 Å². The molecule has 0 saturated heterocycles. The van der Waals surface area contributed by atoms with Gasteiger partial charge < -0.3 is 29.4 Å². The zero-order valence-electron chi connectivity index (χ0n) is 25.2. The van der Waals surface area contributed by atoms with Crippen LogP contribution in [-0.4, -0.2) is 44.3 Å². The Labute approximate surface area is 265 Å². The molecule has 2 atom stereocenters. The van der Waals surface area contributed by atoms with Gasteiger partial charge in [0.1, 0.15) is 0 Å². The van der Waals surface area contributed by atoms with Crippen molar-refractivity contribution in [2.45, 2.75) is 44.9 Å². The fourth-order valence-electron chi connectivity index (χ4n) is 6.00. The number of ketones is 1. The number of methoxy groups -OCH3 is 2. The molecular weight excluding hydrogens is 626 g/mol. The maximum absolute atomic E-state index is 14.1. The number of hydrogen-bond acceptors (Lipinski definition) is 8. The average molecular weight is 663 g/mol. The van der Waals surface area contributed by atoms with Crippen LogP contribution in [0, 0.1) is 0 Å². The van der Waals surface area contributed by atoms with E-state index in [9.17, 15) is 14.7 Å². The van der Waals surface area contributed by atoms with Crippen LogP contribution in [0.5, 0.6) is 23.0 Å². The first kappa shape index (κ1) is 31.2. The second-order valence-corrected chi connectivity index (χ2v) is 11.6. The summed E-state index contributed by atoms with van der Waals surface area (Å²) in [4.78, 5) is 27.9. The molecule has 0 spiro atoms. The number of rotatable bonds is 10. The molecule has 0 radical (unpaired) electrons. The number of nitrogens with one attached hydrogen (secondary N) is 1. The van der Waals surface area contributed by atoms with Gasteiger partial charge in [-0.1, -0.05) is 36.4 Å². The molecule has 230 valence electrons. The molecule has 9 heteroatoms. The van der Waals surface area contributed by atoms with E-state index in [1.165, 1.54) is 0 Å². The number of phenolic OH excluding ortho intramolecular Hbond substituents is 1. The van der Waals surface area contributed by atoms with Crippen molar-refractivity contribution in [3.63, 3.8) is 0 Å². The van der Waals surface area contributed by atoms with Crippen LogP contribution >= 0.6 is 15.9 Å². The number of ether oxygens (including phenoxy) is 4. The molecule has 0 fully saturated rings. The predicted molar refractivity (Wildman–Crippen MR) is 170 cm³/mol. The van der Waals surface area contributed by atoms with Gasteiger partial charge in [-0.2, -0.15) is 0 Å². The Morgan fingerprint density at radius 1 is 0.977 bits per heavy atom. The second kappa shape index (κ2) is 13.6. The van der Waals surface area contributed by atoms with E-state index < -0.39 is 11.9 Å². The summed E-state index contributed by atoms with van der Waals surface area (Å²) in [5, 5.41) is 14.0. The Morgan fingerprint density at radius 3 is 2.41 bits per heavy atom. The molecule has 1 heterocycles. The van der Waals surface area contributed by atoms with Gasteiger partial charge in [0.15, 0.2) is 28.8 Å². The molecule has 8 nitrogen and oxygen atoms in total. The molecule has 0 amide bonds. The van der Waals surface area contributed by atoms with Crippen LogP contribution in [0.2, 0.25) is 0 Å². The summed E-state index contributed by atoms with van der Waals surface area (Å²) in [6.45, 7) is 4.17. The van der Waals surface area contributed by atoms with E-state index in [0.717, 1.165) is 16.8 Å². The second-order valence-electron chi connectivity index (χ2n) is 10.8. The summed E-state index contributed by atoms with van der Waals surface area (Å²) in [6, 6.07) is 18.9. The largest absolute Gasteiger partial charge is 0.503 e. The summed E-state index contributed by atoms with van der Waals surface area (Å²) in [5.41, 5.74) is 4.89. The summed E-state index contributed by atoms with van der Waals surface area (Å²) >= 11 is 3.44. The van der Waals surface area contributed by atoms with E-state index in [-0.39, 0.29) is 36.2 Å². The van der Waals surface area contributed by atoms with Gasteiger partial charge in [-0.05, 0) is 83.1 Å². The minimum Gasteiger partial charge on any atom is -0.503 e. The van der Waals surface area contributed by atoms with Crippen molar-refractivity contribution in [1.29, 1.82) is 0 Å². The molecule has 1 aliphatic heterocycles. The average Bonchev–Trinajstić information content (AvgIpc) is 3.02. The zero-order valence-corrected chi connectivity index (χ0v) is 26.8. The fourth-order valence-corrected chi connectivity index (χ4v) is 6.46. The molecule has 0 bridgehead atoms. The first-order valence-corrected chi connectivity index (χ1v) is 15.4. The fraction of sp³-hybridized carbons (Fsp3) is 0.314. The molecule has 0 unspecified atom stereocenters. The lowest BCUT2D eigenvalue weighted by Gasteiger charge is -2.37. The topological polar surface area (TPSA) is 103 Å². The molecule has 5 rings (SSSR count). The van der Waals surface area contributed by atoms with E-state index in [4.69, 9.17) is 18.9 Å². The maximum Gasteiger partial charge on any atom is 0.336 e. The molecule has 3 aromatic carbocycles. The Bertz CT molecular complexity index is 1630. The lowest BCUT2D eigenvalue weighted by Crippen LogP contribution is -2.36. The van der Waals surface area contributed by atoms with Crippen LogP contribution in [-0.2, 0) is 20.7 Å².